The van der Waals surface area contributed by atoms with Crippen LogP contribution in [0.3, 0.4) is 0 Å². The number of hydrogen-bond donors (Lipinski definition) is 2. The van der Waals surface area contributed by atoms with Crippen LogP contribution in [-0.2, 0) is 0 Å². The minimum atomic E-state index is -0.921. The summed E-state index contributed by atoms with van der Waals surface area (Å²) in [5.41, 5.74) is 2.18. The van der Waals surface area contributed by atoms with Gasteiger partial charge in [0.05, 0.1) is 11.3 Å². The van der Waals surface area contributed by atoms with E-state index in [-0.39, 0.29) is 5.56 Å². The normalized spacial score (nSPS) is 13.9. The minimum Gasteiger partial charge on any atom is -0.478 e. The molecule has 21 heavy (non-hydrogen) atoms. The quantitative estimate of drug-likeness (QED) is 0.907. The molecule has 0 saturated heterocycles. The van der Waals surface area contributed by atoms with Crippen molar-refractivity contribution in [2.24, 2.45) is 5.10 Å². The van der Waals surface area contributed by atoms with Crippen LogP contribution in [0, 0.1) is 0 Å². The number of hydrazone groups is 1. The predicted molar refractivity (Wildman–Crippen MR) is 82.9 cm³/mol. The lowest BCUT2D eigenvalue weighted by molar-refractivity contribution is 0.0697. The molecule has 5 nitrogen and oxygen atoms in total. The first-order valence-electron chi connectivity index (χ1n) is 6.73. The lowest BCUT2D eigenvalue weighted by Gasteiger charge is -2.12. The van der Waals surface area contributed by atoms with Gasteiger partial charge in [-0.15, -0.1) is 0 Å². The summed E-state index contributed by atoms with van der Waals surface area (Å²) in [6.45, 7) is 0.833. The zero-order valence-corrected chi connectivity index (χ0v) is 11.4. The summed E-state index contributed by atoms with van der Waals surface area (Å²) >= 11 is 0. The Bertz CT molecular complexity index is 666. The Hall–Kier alpha value is -2.82. The molecule has 0 saturated carbocycles. The number of nitrogens with zero attached hydrogens (tertiary/aromatic N) is 2. The highest BCUT2D eigenvalue weighted by molar-refractivity contribution is 5.98. The van der Waals surface area contributed by atoms with E-state index in [0.29, 0.717) is 0 Å². The van der Waals surface area contributed by atoms with Gasteiger partial charge in [-0.2, -0.15) is 5.10 Å². The van der Waals surface area contributed by atoms with Crippen LogP contribution >= 0.6 is 0 Å². The van der Waals surface area contributed by atoms with Gasteiger partial charge >= 0.3 is 5.97 Å². The average molecular weight is 281 g/mol. The van der Waals surface area contributed by atoms with E-state index in [4.69, 9.17) is 5.11 Å². The van der Waals surface area contributed by atoms with E-state index >= 15 is 0 Å². The predicted octanol–water partition coefficient (Wildman–Crippen LogP) is 3.02. The standard InChI is InChI=1S/C16H15N3O2/c20-16(21)12-6-8-13(9-7-12)17-15-10-11-19(18-15)14-4-2-1-3-5-14/h1-9H,10-11H2,(H,17,18)(H,20,21). The topological polar surface area (TPSA) is 64.9 Å². The Morgan fingerprint density at radius 2 is 1.81 bits per heavy atom. The smallest absolute Gasteiger partial charge is 0.335 e. The average Bonchev–Trinajstić information content (AvgIpc) is 2.97. The summed E-state index contributed by atoms with van der Waals surface area (Å²) in [7, 11) is 0. The Morgan fingerprint density at radius 1 is 1.10 bits per heavy atom. The number of carboxylic acids is 1. The number of carbonyl (C=O) groups is 1. The Kier molecular flexibility index (Phi) is 3.55. The van der Waals surface area contributed by atoms with Crippen molar-refractivity contribution in [2.75, 3.05) is 16.9 Å². The summed E-state index contributed by atoms with van der Waals surface area (Å²) in [6, 6.07) is 16.6. The second-order valence-corrected chi connectivity index (χ2v) is 4.76. The molecule has 2 N–H and O–H groups in total. The molecule has 0 aliphatic carbocycles. The largest absolute Gasteiger partial charge is 0.478 e. The number of para-hydroxylation sites is 1. The van der Waals surface area contributed by atoms with Crippen LogP contribution in [0.1, 0.15) is 16.8 Å². The second kappa shape index (κ2) is 5.66. The maximum atomic E-state index is 10.8. The van der Waals surface area contributed by atoms with E-state index < -0.39 is 5.97 Å². The first kappa shape index (κ1) is 13.2. The van der Waals surface area contributed by atoms with Crippen LogP contribution in [0.25, 0.3) is 0 Å². The fourth-order valence-electron chi connectivity index (χ4n) is 2.19. The molecule has 0 radical (unpaired) electrons. The van der Waals surface area contributed by atoms with E-state index in [1.807, 2.05) is 35.3 Å². The maximum absolute atomic E-state index is 10.8. The molecule has 0 bridgehead atoms. The van der Waals surface area contributed by atoms with E-state index in [1.54, 1.807) is 24.3 Å². The molecule has 106 valence electrons. The highest BCUT2D eigenvalue weighted by atomic mass is 16.4. The molecule has 0 fully saturated rings. The molecule has 0 amide bonds. The fraction of sp³-hybridized carbons (Fsp3) is 0.125. The van der Waals surface area contributed by atoms with Gasteiger partial charge in [-0.3, -0.25) is 5.01 Å². The summed E-state index contributed by atoms with van der Waals surface area (Å²) < 4.78 is 0. The summed E-state index contributed by atoms with van der Waals surface area (Å²) in [5.74, 6) is -0.0445. The molecular weight excluding hydrogens is 266 g/mol. The van der Waals surface area contributed by atoms with E-state index in [2.05, 4.69) is 10.4 Å². The van der Waals surface area contributed by atoms with Crippen molar-refractivity contribution in [3.8, 4) is 0 Å². The summed E-state index contributed by atoms with van der Waals surface area (Å²) in [5, 5.41) is 18.6. The van der Waals surface area contributed by atoms with Gasteiger partial charge in [0.15, 0.2) is 0 Å². The van der Waals surface area contributed by atoms with Crippen molar-refractivity contribution in [2.45, 2.75) is 6.42 Å². The fourth-order valence-corrected chi connectivity index (χ4v) is 2.19. The SMILES string of the molecule is O=C(O)c1ccc(NC2=NN(c3ccccc3)CC2)cc1. The lowest BCUT2D eigenvalue weighted by atomic mass is 10.2. The zero-order chi connectivity index (χ0) is 14.7. The molecule has 2 aromatic rings. The number of rotatable bonds is 3. The molecule has 1 aliphatic rings. The van der Waals surface area contributed by atoms with Crippen LogP contribution in [0.4, 0.5) is 11.4 Å². The van der Waals surface area contributed by atoms with Crippen molar-refractivity contribution >= 4 is 23.2 Å². The minimum absolute atomic E-state index is 0.278. The number of benzene rings is 2. The zero-order valence-electron chi connectivity index (χ0n) is 11.4. The molecule has 0 spiro atoms. The Balaban J connectivity index is 1.70. The van der Waals surface area contributed by atoms with E-state index in [9.17, 15) is 4.79 Å². The Morgan fingerprint density at radius 3 is 2.48 bits per heavy atom. The number of carboxylic acid groups (broad SMARTS) is 1. The van der Waals surface area contributed by atoms with Gasteiger partial charge < -0.3 is 10.4 Å². The first-order valence-corrected chi connectivity index (χ1v) is 6.73. The third kappa shape index (κ3) is 3.02. The van der Waals surface area contributed by atoms with Crippen LogP contribution in [0.5, 0.6) is 0 Å². The van der Waals surface area contributed by atoms with Gasteiger partial charge in [-0.05, 0) is 36.4 Å². The van der Waals surface area contributed by atoms with Crippen LogP contribution in [0.2, 0.25) is 0 Å². The van der Waals surface area contributed by atoms with Crippen molar-refractivity contribution in [3.05, 3.63) is 60.2 Å². The molecule has 1 heterocycles. The third-order valence-electron chi connectivity index (χ3n) is 3.28. The molecule has 5 heteroatoms. The molecule has 0 aromatic heterocycles. The van der Waals surface area contributed by atoms with Gasteiger partial charge in [-0.1, -0.05) is 18.2 Å². The summed E-state index contributed by atoms with van der Waals surface area (Å²) in [6.07, 6.45) is 0.829. The van der Waals surface area contributed by atoms with Crippen molar-refractivity contribution < 1.29 is 9.90 Å². The molecule has 2 aromatic carbocycles. The monoisotopic (exact) mass is 281 g/mol. The Labute approximate surface area is 122 Å². The molecule has 1 aliphatic heterocycles. The maximum Gasteiger partial charge on any atom is 0.335 e. The molecule has 0 atom stereocenters. The van der Waals surface area contributed by atoms with Crippen molar-refractivity contribution in [3.63, 3.8) is 0 Å². The van der Waals surface area contributed by atoms with Gasteiger partial charge in [0, 0.05) is 18.7 Å². The number of aromatic carboxylic acids is 1. The second-order valence-electron chi connectivity index (χ2n) is 4.76. The van der Waals surface area contributed by atoms with Gasteiger partial charge in [0.1, 0.15) is 5.84 Å². The van der Waals surface area contributed by atoms with Crippen LogP contribution < -0.4 is 10.3 Å². The molecular formula is C16H15N3O2. The number of anilines is 2. The highest BCUT2D eigenvalue weighted by Crippen LogP contribution is 2.19. The van der Waals surface area contributed by atoms with E-state index in [0.717, 1.165) is 30.2 Å². The summed E-state index contributed by atoms with van der Waals surface area (Å²) in [4.78, 5) is 10.8. The van der Waals surface area contributed by atoms with E-state index in [1.165, 1.54) is 0 Å². The number of hydrogen-bond acceptors (Lipinski definition) is 4. The van der Waals surface area contributed by atoms with Gasteiger partial charge in [0.25, 0.3) is 0 Å². The third-order valence-corrected chi connectivity index (χ3v) is 3.28. The van der Waals surface area contributed by atoms with Crippen LogP contribution in [-0.4, -0.2) is 23.5 Å². The highest BCUT2D eigenvalue weighted by Gasteiger charge is 2.15. The first-order chi connectivity index (χ1) is 10.2. The number of amidine groups is 1. The number of nitrogens with one attached hydrogen (secondary N) is 1. The van der Waals surface area contributed by atoms with Gasteiger partial charge in [-0.25, -0.2) is 4.79 Å². The van der Waals surface area contributed by atoms with Gasteiger partial charge in [0.2, 0.25) is 0 Å². The van der Waals surface area contributed by atoms with Crippen LogP contribution in [0.15, 0.2) is 59.7 Å². The molecule has 3 rings (SSSR count). The van der Waals surface area contributed by atoms with Crippen molar-refractivity contribution in [1.82, 2.24) is 0 Å². The lowest BCUT2D eigenvalue weighted by Crippen LogP contribution is -2.11. The molecule has 0 unspecified atom stereocenters. The van der Waals surface area contributed by atoms with Crippen molar-refractivity contribution in [1.29, 1.82) is 0 Å².